The summed E-state index contributed by atoms with van der Waals surface area (Å²) in [4.78, 5) is 26.5. The van der Waals surface area contributed by atoms with Gasteiger partial charge in [-0.1, -0.05) is 12.1 Å². The zero-order chi connectivity index (χ0) is 21.6. The maximum Gasteiger partial charge on any atom is 0.234 e. The highest BCUT2D eigenvalue weighted by Gasteiger charge is 2.22. The van der Waals surface area contributed by atoms with E-state index in [4.69, 9.17) is 4.74 Å². The van der Waals surface area contributed by atoms with Crippen molar-refractivity contribution < 1.29 is 13.9 Å². The van der Waals surface area contributed by atoms with Crippen molar-refractivity contribution in [2.24, 2.45) is 0 Å². The van der Waals surface area contributed by atoms with Crippen LogP contribution in [0.2, 0.25) is 0 Å². The normalized spacial score (nSPS) is 14.8. The quantitative estimate of drug-likeness (QED) is 0.540. The van der Waals surface area contributed by atoms with Crippen LogP contribution in [-0.4, -0.2) is 73.8 Å². The number of rotatable bonds is 8. The number of benzene rings is 1. The fraction of sp³-hybridized carbons (Fsp3) is 0.409. The second-order valence-corrected chi connectivity index (χ2v) is 8.54. The summed E-state index contributed by atoms with van der Waals surface area (Å²) >= 11 is 1.62. The molecule has 3 heterocycles. The second kappa shape index (κ2) is 10.1. The summed E-state index contributed by atoms with van der Waals surface area (Å²) in [5.74, 6) is 0.732. The molecule has 0 saturated carbocycles. The molecule has 2 aromatic heterocycles. The number of aromatic nitrogens is 2. The van der Waals surface area contributed by atoms with Gasteiger partial charge in [0.25, 0.3) is 0 Å². The number of carbonyl (C=O) groups is 1. The summed E-state index contributed by atoms with van der Waals surface area (Å²) in [6.07, 6.45) is 2.42. The third kappa shape index (κ3) is 5.36. The van der Waals surface area contributed by atoms with Crippen LogP contribution in [0, 0.1) is 5.82 Å². The average molecular weight is 444 g/mol. The molecule has 1 aliphatic heterocycles. The van der Waals surface area contributed by atoms with Gasteiger partial charge in [-0.3, -0.25) is 9.69 Å². The molecular weight excluding hydrogens is 417 g/mol. The van der Waals surface area contributed by atoms with Crippen molar-refractivity contribution in [3.8, 4) is 10.4 Å². The predicted octanol–water partition coefficient (Wildman–Crippen LogP) is 2.77. The Balaban J connectivity index is 1.39. The van der Waals surface area contributed by atoms with Gasteiger partial charge in [-0.15, -0.1) is 11.3 Å². The van der Waals surface area contributed by atoms with E-state index >= 15 is 0 Å². The smallest absolute Gasteiger partial charge is 0.234 e. The maximum absolute atomic E-state index is 13.3. The molecule has 4 rings (SSSR count). The Morgan fingerprint density at radius 3 is 2.71 bits per heavy atom. The Labute approximate surface area is 184 Å². The molecule has 0 spiro atoms. The van der Waals surface area contributed by atoms with Crippen LogP contribution in [0.1, 0.15) is 6.42 Å². The summed E-state index contributed by atoms with van der Waals surface area (Å²) in [7, 11) is 1.66. The number of halogens is 1. The standard InChI is InChI=1S/C22H26FN5O2S/c1-30-12-2-7-24-20(29)14-27-8-10-28(11-9-27)22-21-18(25-15-26-22)13-19(31-21)16-3-5-17(23)6-4-16/h3-6,13,15H,2,7-12,14H2,1H3,(H,24,29). The summed E-state index contributed by atoms with van der Waals surface area (Å²) in [6.45, 7) is 4.89. The molecule has 1 aromatic carbocycles. The van der Waals surface area contributed by atoms with E-state index in [2.05, 4.69) is 25.1 Å². The maximum atomic E-state index is 13.3. The molecule has 0 atom stereocenters. The molecule has 0 radical (unpaired) electrons. The van der Waals surface area contributed by atoms with Crippen LogP contribution in [0.5, 0.6) is 0 Å². The first kappa shape index (κ1) is 21.6. The SMILES string of the molecule is COCCCNC(=O)CN1CCN(c2ncnc3cc(-c4ccc(F)cc4)sc23)CC1. The van der Waals surface area contributed by atoms with Crippen LogP contribution >= 0.6 is 11.3 Å². The molecule has 7 nitrogen and oxygen atoms in total. The van der Waals surface area contributed by atoms with E-state index in [-0.39, 0.29) is 11.7 Å². The predicted molar refractivity (Wildman–Crippen MR) is 121 cm³/mol. The number of nitrogens with zero attached hydrogens (tertiary/aromatic N) is 4. The zero-order valence-corrected chi connectivity index (χ0v) is 18.3. The van der Waals surface area contributed by atoms with Gasteiger partial charge in [0.15, 0.2) is 0 Å². The first-order chi connectivity index (χ1) is 15.1. The van der Waals surface area contributed by atoms with Crippen LogP contribution < -0.4 is 10.2 Å². The number of piperazine rings is 1. The van der Waals surface area contributed by atoms with Crippen molar-refractivity contribution in [2.45, 2.75) is 6.42 Å². The highest BCUT2D eigenvalue weighted by molar-refractivity contribution is 7.22. The third-order valence-electron chi connectivity index (χ3n) is 5.31. The lowest BCUT2D eigenvalue weighted by molar-refractivity contribution is -0.122. The first-order valence-electron chi connectivity index (χ1n) is 10.4. The van der Waals surface area contributed by atoms with E-state index in [1.807, 2.05) is 6.07 Å². The van der Waals surface area contributed by atoms with Crippen molar-refractivity contribution >= 4 is 33.3 Å². The van der Waals surface area contributed by atoms with Gasteiger partial charge in [-0.25, -0.2) is 14.4 Å². The second-order valence-electron chi connectivity index (χ2n) is 7.49. The summed E-state index contributed by atoms with van der Waals surface area (Å²) in [5.41, 5.74) is 1.86. The first-order valence-corrected chi connectivity index (χ1v) is 11.2. The third-order valence-corrected chi connectivity index (χ3v) is 6.48. The summed E-state index contributed by atoms with van der Waals surface area (Å²) < 4.78 is 19.3. The number of carbonyl (C=O) groups excluding carboxylic acids is 1. The highest BCUT2D eigenvalue weighted by Crippen LogP contribution is 2.37. The molecule has 0 bridgehead atoms. The monoisotopic (exact) mass is 443 g/mol. The van der Waals surface area contributed by atoms with Gasteiger partial charge in [-0.2, -0.15) is 0 Å². The average Bonchev–Trinajstić information content (AvgIpc) is 3.22. The lowest BCUT2D eigenvalue weighted by Gasteiger charge is -2.35. The fourth-order valence-corrected chi connectivity index (χ4v) is 4.78. The molecule has 0 unspecified atom stereocenters. The fourth-order valence-electron chi connectivity index (χ4n) is 3.64. The van der Waals surface area contributed by atoms with E-state index < -0.39 is 0 Å². The summed E-state index contributed by atoms with van der Waals surface area (Å²) in [5, 5.41) is 2.94. The van der Waals surface area contributed by atoms with E-state index in [0.29, 0.717) is 19.7 Å². The van der Waals surface area contributed by atoms with Crippen LogP contribution in [0.4, 0.5) is 10.2 Å². The van der Waals surface area contributed by atoms with Gasteiger partial charge in [0.2, 0.25) is 5.91 Å². The van der Waals surface area contributed by atoms with E-state index in [0.717, 1.165) is 59.1 Å². The van der Waals surface area contributed by atoms with Crippen molar-refractivity contribution in [2.75, 3.05) is 57.9 Å². The molecule has 3 aromatic rings. The van der Waals surface area contributed by atoms with Crippen molar-refractivity contribution in [1.82, 2.24) is 20.2 Å². The van der Waals surface area contributed by atoms with E-state index in [1.165, 1.54) is 12.1 Å². The highest BCUT2D eigenvalue weighted by atomic mass is 32.1. The van der Waals surface area contributed by atoms with Crippen LogP contribution in [0.15, 0.2) is 36.7 Å². The Morgan fingerprint density at radius 2 is 1.97 bits per heavy atom. The number of hydrogen-bond acceptors (Lipinski definition) is 7. The lowest BCUT2D eigenvalue weighted by Crippen LogP contribution is -2.49. The number of methoxy groups -OCH3 is 1. The number of nitrogens with one attached hydrogen (secondary N) is 1. The van der Waals surface area contributed by atoms with Gasteiger partial charge in [0.05, 0.1) is 16.8 Å². The molecule has 164 valence electrons. The number of hydrogen-bond donors (Lipinski definition) is 1. The minimum Gasteiger partial charge on any atom is -0.385 e. The number of ether oxygens (including phenoxy) is 1. The molecular formula is C22H26FN5O2S. The molecule has 1 aliphatic rings. The van der Waals surface area contributed by atoms with Gasteiger partial charge in [0.1, 0.15) is 18.0 Å². The van der Waals surface area contributed by atoms with Gasteiger partial charge in [-0.05, 0) is 30.2 Å². The number of thiophene rings is 1. The Bertz CT molecular complexity index is 1020. The van der Waals surface area contributed by atoms with Crippen LogP contribution in [-0.2, 0) is 9.53 Å². The van der Waals surface area contributed by atoms with Gasteiger partial charge in [0, 0.05) is 51.3 Å². The topological polar surface area (TPSA) is 70.6 Å². The van der Waals surface area contributed by atoms with E-state index in [1.54, 1.807) is 36.9 Å². The molecule has 0 aliphatic carbocycles. The van der Waals surface area contributed by atoms with Gasteiger partial charge < -0.3 is 15.0 Å². The zero-order valence-electron chi connectivity index (χ0n) is 17.5. The van der Waals surface area contributed by atoms with Crippen molar-refractivity contribution in [3.63, 3.8) is 0 Å². The minimum absolute atomic E-state index is 0.0520. The molecule has 1 saturated heterocycles. The number of fused-ring (bicyclic) bond motifs is 1. The largest absolute Gasteiger partial charge is 0.385 e. The molecule has 1 N–H and O–H groups in total. The summed E-state index contributed by atoms with van der Waals surface area (Å²) in [6, 6.07) is 8.54. The minimum atomic E-state index is -0.244. The Morgan fingerprint density at radius 1 is 1.19 bits per heavy atom. The van der Waals surface area contributed by atoms with Crippen molar-refractivity contribution in [3.05, 3.63) is 42.5 Å². The number of anilines is 1. The lowest BCUT2D eigenvalue weighted by atomic mass is 10.2. The molecule has 1 amide bonds. The Hall–Kier alpha value is -2.62. The van der Waals surface area contributed by atoms with Crippen LogP contribution in [0.25, 0.3) is 20.7 Å². The van der Waals surface area contributed by atoms with Crippen molar-refractivity contribution in [1.29, 1.82) is 0 Å². The Kier molecular flexibility index (Phi) is 7.06. The molecule has 31 heavy (non-hydrogen) atoms. The molecule has 1 fully saturated rings. The number of amides is 1. The van der Waals surface area contributed by atoms with E-state index in [9.17, 15) is 9.18 Å². The van der Waals surface area contributed by atoms with Gasteiger partial charge >= 0.3 is 0 Å². The van der Waals surface area contributed by atoms with Crippen LogP contribution in [0.3, 0.4) is 0 Å². The molecule has 9 heteroatoms.